The zero-order chi connectivity index (χ0) is 20.1. The summed E-state index contributed by atoms with van der Waals surface area (Å²) in [4.78, 5) is 25.6. The molecule has 0 radical (unpaired) electrons. The summed E-state index contributed by atoms with van der Waals surface area (Å²) >= 11 is 0. The van der Waals surface area contributed by atoms with E-state index in [0.717, 1.165) is 25.1 Å². The number of benzene rings is 1. The lowest BCUT2D eigenvalue weighted by Crippen LogP contribution is -2.45. The average molecular weight is 385 g/mol. The monoisotopic (exact) mass is 385 g/mol. The first kappa shape index (κ1) is 20.2. The zero-order valence-corrected chi connectivity index (χ0v) is 16.7. The first-order valence-electron chi connectivity index (χ1n) is 9.75. The minimum atomic E-state index is -0.219. The summed E-state index contributed by atoms with van der Waals surface area (Å²) in [5.74, 6) is 0.634. The highest BCUT2D eigenvalue weighted by molar-refractivity contribution is 5.93. The second-order valence-corrected chi connectivity index (χ2v) is 7.56. The molecule has 0 bridgehead atoms. The van der Waals surface area contributed by atoms with Gasteiger partial charge in [-0.15, -0.1) is 0 Å². The highest BCUT2D eigenvalue weighted by Crippen LogP contribution is 2.21. The van der Waals surface area contributed by atoms with Crippen molar-refractivity contribution in [1.29, 1.82) is 0 Å². The number of amides is 1. The van der Waals surface area contributed by atoms with Crippen LogP contribution in [0.1, 0.15) is 36.2 Å². The Bertz CT molecular complexity index is 778. The van der Waals surface area contributed by atoms with Gasteiger partial charge in [0.25, 0.3) is 5.91 Å². The molecule has 1 fully saturated rings. The quantitative estimate of drug-likeness (QED) is 0.857. The van der Waals surface area contributed by atoms with Gasteiger partial charge in [-0.1, -0.05) is 26.0 Å². The van der Waals surface area contributed by atoms with Crippen molar-refractivity contribution in [1.82, 2.24) is 19.8 Å². The predicted molar refractivity (Wildman–Crippen MR) is 108 cm³/mol. The van der Waals surface area contributed by atoms with E-state index in [4.69, 9.17) is 0 Å². The molecule has 0 aliphatic carbocycles. The maximum absolute atomic E-state index is 13.2. The summed E-state index contributed by atoms with van der Waals surface area (Å²) in [6.45, 7) is 7.38. The molecule has 1 aliphatic heterocycles. The summed E-state index contributed by atoms with van der Waals surface area (Å²) in [6, 6.07) is 6.90. The highest BCUT2D eigenvalue weighted by Gasteiger charge is 2.30. The molecule has 1 aromatic heterocycles. The van der Waals surface area contributed by atoms with Crippen molar-refractivity contribution in [2.75, 3.05) is 32.0 Å². The maximum atomic E-state index is 13.2. The second-order valence-electron chi connectivity index (χ2n) is 7.56. The molecule has 7 heteroatoms. The van der Waals surface area contributed by atoms with E-state index in [1.807, 2.05) is 17.0 Å². The van der Waals surface area contributed by atoms with Gasteiger partial charge in [-0.3, -0.25) is 9.69 Å². The lowest BCUT2D eigenvalue weighted by Gasteiger charge is -2.34. The van der Waals surface area contributed by atoms with Crippen LogP contribution in [0.25, 0.3) is 0 Å². The van der Waals surface area contributed by atoms with Gasteiger partial charge in [0, 0.05) is 51.7 Å². The molecule has 0 saturated carbocycles. The van der Waals surface area contributed by atoms with Crippen molar-refractivity contribution in [3.8, 4) is 0 Å². The van der Waals surface area contributed by atoms with Gasteiger partial charge in [0.1, 0.15) is 5.82 Å². The summed E-state index contributed by atoms with van der Waals surface area (Å²) < 4.78 is 13.2. The zero-order valence-electron chi connectivity index (χ0n) is 16.7. The number of nitrogens with zero attached hydrogens (tertiary/aromatic N) is 4. The molecular formula is C21H28FN5O. The van der Waals surface area contributed by atoms with E-state index >= 15 is 0 Å². The molecule has 2 aromatic rings. The van der Waals surface area contributed by atoms with E-state index in [-0.39, 0.29) is 17.8 Å². The maximum Gasteiger partial charge on any atom is 0.257 e. The van der Waals surface area contributed by atoms with E-state index in [9.17, 15) is 9.18 Å². The molecule has 3 rings (SSSR count). The van der Waals surface area contributed by atoms with Crippen molar-refractivity contribution in [3.63, 3.8) is 0 Å². The Kier molecular flexibility index (Phi) is 6.57. The number of halogens is 1. The van der Waals surface area contributed by atoms with Crippen LogP contribution in [0.2, 0.25) is 0 Å². The number of nitrogens with one attached hydrogen (secondary N) is 1. The fraction of sp³-hybridized carbons (Fsp3) is 0.476. The van der Waals surface area contributed by atoms with Crippen LogP contribution in [0.3, 0.4) is 0 Å². The van der Waals surface area contributed by atoms with Gasteiger partial charge in [-0.2, -0.15) is 0 Å². The normalized spacial score (nSPS) is 18.2. The molecule has 150 valence electrons. The van der Waals surface area contributed by atoms with E-state index in [2.05, 4.69) is 34.0 Å². The van der Waals surface area contributed by atoms with Crippen LogP contribution in [0.15, 0.2) is 36.7 Å². The molecule has 0 spiro atoms. The summed E-state index contributed by atoms with van der Waals surface area (Å²) in [5, 5.41) is 2.86. The number of carbonyl (C=O) groups is 1. The predicted octanol–water partition coefficient (Wildman–Crippen LogP) is 3.03. The third-order valence-electron chi connectivity index (χ3n) is 5.23. The third-order valence-corrected chi connectivity index (χ3v) is 5.23. The van der Waals surface area contributed by atoms with E-state index in [1.54, 1.807) is 19.4 Å². The molecule has 1 atom stereocenters. The molecule has 1 unspecified atom stereocenters. The Hall–Kier alpha value is -2.54. The van der Waals surface area contributed by atoms with Crippen LogP contribution in [-0.4, -0.2) is 58.4 Å². The fourth-order valence-electron chi connectivity index (χ4n) is 3.65. The van der Waals surface area contributed by atoms with Gasteiger partial charge in [-0.25, -0.2) is 14.4 Å². The van der Waals surface area contributed by atoms with E-state index in [1.165, 1.54) is 12.1 Å². The molecule has 2 heterocycles. The second kappa shape index (κ2) is 9.10. The number of aromatic nitrogens is 2. The number of anilines is 1. The smallest absolute Gasteiger partial charge is 0.257 e. The Morgan fingerprint density at radius 1 is 1.21 bits per heavy atom. The minimum Gasteiger partial charge on any atom is -0.357 e. The van der Waals surface area contributed by atoms with Gasteiger partial charge < -0.3 is 10.2 Å². The Morgan fingerprint density at radius 2 is 1.89 bits per heavy atom. The van der Waals surface area contributed by atoms with Crippen molar-refractivity contribution in [2.24, 2.45) is 5.92 Å². The van der Waals surface area contributed by atoms with E-state index < -0.39 is 0 Å². The Balaban J connectivity index is 1.74. The third kappa shape index (κ3) is 4.84. The topological polar surface area (TPSA) is 61.4 Å². The van der Waals surface area contributed by atoms with Crippen LogP contribution in [0, 0.1) is 11.7 Å². The molecule has 1 amide bonds. The van der Waals surface area contributed by atoms with Crippen molar-refractivity contribution in [2.45, 2.75) is 32.9 Å². The summed E-state index contributed by atoms with van der Waals surface area (Å²) in [5.41, 5.74) is 1.59. The molecule has 1 N–H and O–H groups in total. The van der Waals surface area contributed by atoms with Crippen molar-refractivity contribution < 1.29 is 9.18 Å². The lowest BCUT2D eigenvalue weighted by atomic mass is 10.0. The summed E-state index contributed by atoms with van der Waals surface area (Å²) in [6.07, 6.45) is 4.05. The van der Waals surface area contributed by atoms with Crippen molar-refractivity contribution >= 4 is 11.9 Å². The largest absolute Gasteiger partial charge is 0.357 e. The van der Waals surface area contributed by atoms with Crippen LogP contribution in [-0.2, 0) is 6.54 Å². The number of hydrogen-bond acceptors (Lipinski definition) is 5. The average Bonchev–Trinajstić information content (AvgIpc) is 2.92. The van der Waals surface area contributed by atoms with Gasteiger partial charge in [0.2, 0.25) is 5.95 Å². The van der Waals surface area contributed by atoms with Gasteiger partial charge >= 0.3 is 0 Å². The lowest BCUT2D eigenvalue weighted by molar-refractivity contribution is 0.0701. The Morgan fingerprint density at radius 3 is 2.50 bits per heavy atom. The van der Waals surface area contributed by atoms with Crippen LogP contribution in [0.4, 0.5) is 10.3 Å². The number of carbonyl (C=O) groups excluding carboxylic acids is 1. The van der Waals surface area contributed by atoms with Crippen molar-refractivity contribution in [3.05, 3.63) is 53.6 Å². The highest BCUT2D eigenvalue weighted by atomic mass is 19.1. The standard InChI is InChI=1S/C21H28FN5O/c1-15(2)19-14-27(20(28)17-11-24-21(23-3)25-12-17)10-4-9-26(19)13-16-5-7-18(22)8-6-16/h5-8,11-12,15,19H,4,9-10,13-14H2,1-3H3,(H,23,24,25). The Labute approximate surface area is 165 Å². The molecule has 1 saturated heterocycles. The molecular weight excluding hydrogens is 357 g/mol. The van der Waals surface area contributed by atoms with E-state index in [0.29, 0.717) is 30.5 Å². The fourth-order valence-corrected chi connectivity index (χ4v) is 3.65. The first-order valence-corrected chi connectivity index (χ1v) is 9.75. The summed E-state index contributed by atoms with van der Waals surface area (Å²) in [7, 11) is 1.74. The molecule has 1 aromatic carbocycles. The number of rotatable bonds is 5. The van der Waals surface area contributed by atoms with Gasteiger partial charge in [0.15, 0.2) is 0 Å². The van der Waals surface area contributed by atoms with Crippen LogP contribution < -0.4 is 5.32 Å². The number of hydrogen-bond donors (Lipinski definition) is 1. The minimum absolute atomic E-state index is 0.0306. The van der Waals surface area contributed by atoms with Crippen LogP contribution >= 0.6 is 0 Å². The molecule has 28 heavy (non-hydrogen) atoms. The molecule has 1 aliphatic rings. The molecule has 6 nitrogen and oxygen atoms in total. The van der Waals surface area contributed by atoms with Crippen LogP contribution in [0.5, 0.6) is 0 Å². The SMILES string of the molecule is CNc1ncc(C(=O)N2CCCN(Cc3ccc(F)cc3)C(C(C)C)C2)cn1. The first-order chi connectivity index (χ1) is 13.5. The van der Waals surface area contributed by atoms with Gasteiger partial charge in [-0.05, 0) is 30.0 Å². The van der Waals surface area contributed by atoms with Gasteiger partial charge in [0.05, 0.1) is 5.56 Å².